The van der Waals surface area contributed by atoms with Gasteiger partial charge in [0.15, 0.2) is 0 Å². The lowest BCUT2D eigenvalue weighted by Gasteiger charge is -2.31. The van der Waals surface area contributed by atoms with Gasteiger partial charge in [-0.25, -0.2) is 4.39 Å². The fourth-order valence-corrected chi connectivity index (χ4v) is 4.28. The summed E-state index contributed by atoms with van der Waals surface area (Å²) in [6, 6.07) is 11.6. The Hall–Kier alpha value is -2.89. The summed E-state index contributed by atoms with van der Waals surface area (Å²) in [6.45, 7) is 4.39. The smallest absolute Gasteiger partial charge is 0.254 e. The molecule has 1 unspecified atom stereocenters. The summed E-state index contributed by atoms with van der Waals surface area (Å²) in [5, 5.41) is 3.06. The van der Waals surface area contributed by atoms with Crippen LogP contribution in [0.5, 0.6) is 0 Å². The van der Waals surface area contributed by atoms with Crippen molar-refractivity contribution in [2.24, 2.45) is 5.92 Å². The zero-order valence-electron chi connectivity index (χ0n) is 19.5. The van der Waals surface area contributed by atoms with Crippen LogP contribution in [0, 0.1) is 11.7 Å². The van der Waals surface area contributed by atoms with Crippen molar-refractivity contribution in [2.75, 3.05) is 24.3 Å². The highest BCUT2D eigenvalue weighted by atomic mass is 19.1. The van der Waals surface area contributed by atoms with E-state index in [4.69, 9.17) is 0 Å². The SMILES string of the molecule is CCC(C)N(Cc1cc(NC(=O)C2CCCC2)ccc1N(C)C)C(=O)c1cccc(F)c1. The molecule has 1 saturated carbocycles. The van der Waals surface area contributed by atoms with E-state index >= 15 is 0 Å². The van der Waals surface area contributed by atoms with E-state index in [0.717, 1.165) is 49.0 Å². The first-order chi connectivity index (χ1) is 15.3. The van der Waals surface area contributed by atoms with Crippen molar-refractivity contribution in [3.63, 3.8) is 0 Å². The maximum absolute atomic E-state index is 13.8. The van der Waals surface area contributed by atoms with Gasteiger partial charge in [-0.3, -0.25) is 9.59 Å². The van der Waals surface area contributed by atoms with E-state index in [9.17, 15) is 14.0 Å². The molecule has 6 heteroatoms. The lowest BCUT2D eigenvalue weighted by molar-refractivity contribution is -0.119. The average Bonchev–Trinajstić information content (AvgIpc) is 3.31. The molecule has 172 valence electrons. The first-order valence-electron chi connectivity index (χ1n) is 11.5. The quantitative estimate of drug-likeness (QED) is 0.594. The molecule has 2 aromatic carbocycles. The van der Waals surface area contributed by atoms with Crippen molar-refractivity contribution in [1.29, 1.82) is 0 Å². The Kier molecular flexibility index (Phi) is 7.89. The lowest BCUT2D eigenvalue weighted by Crippen LogP contribution is -2.38. The average molecular weight is 440 g/mol. The van der Waals surface area contributed by atoms with Crippen molar-refractivity contribution in [1.82, 2.24) is 4.90 Å². The number of nitrogens with zero attached hydrogens (tertiary/aromatic N) is 2. The van der Waals surface area contributed by atoms with Gasteiger partial charge in [0, 0.05) is 49.5 Å². The Morgan fingerprint density at radius 1 is 1.12 bits per heavy atom. The van der Waals surface area contributed by atoms with Gasteiger partial charge in [-0.15, -0.1) is 0 Å². The maximum atomic E-state index is 13.8. The molecule has 1 atom stereocenters. The number of anilines is 2. The molecule has 0 radical (unpaired) electrons. The molecule has 1 fully saturated rings. The van der Waals surface area contributed by atoms with Gasteiger partial charge in [0.2, 0.25) is 5.91 Å². The first-order valence-corrected chi connectivity index (χ1v) is 11.5. The highest BCUT2D eigenvalue weighted by molar-refractivity contribution is 5.95. The van der Waals surface area contributed by atoms with E-state index in [1.807, 2.05) is 51.0 Å². The number of hydrogen-bond acceptors (Lipinski definition) is 3. The highest BCUT2D eigenvalue weighted by Gasteiger charge is 2.25. The van der Waals surface area contributed by atoms with Gasteiger partial charge in [0.05, 0.1) is 0 Å². The Bertz CT molecular complexity index is 954. The van der Waals surface area contributed by atoms with Crippen LogP contribution in [0.4, 0.5) is 15.8 Å². The van der Waals surface area contributed by atoms with Gasteiger partial charge >= 0.3 is 0 Å². The van der Waals surface area contributed by atoms with Crippen LogP contribution in [0.25, 0.3) is 0 Å². The molecule has 3 rings (SSSR count). The zero-order valence-corrected chi connectivity index (χ0v) is 19.5. The van der Waals surface area contributed by atoms with Gasteiger partial charge in [-0.2, -0.15) is 0 Å². The predicted molar refractivity (Wildman–Crippen MR) is 127 cm³/mol. The minimum absolute atomic E-state index is 0.0301. The van der Waals surface area contributed by atoms with Crippen LogP contribution in [0.3, 0.4) is 0 Å². The third kappa shape index (κ3) is 5.67. The second-order valence-corrected chi connectivity index (χ2v) is 8.91. The van der Waals surface area contributed by atoms with Crippen molar-refractivity contribution >= 4 is 23.2 Å². The molecule has 0 spiro atoms. The van der Waals surface area contributed by atoms with Crippen LogP contribution in [-0.4, -0.2) is 36.9 Å². The number of benzene rings is 2. The molecule has 0 aromatic heterocycles. The number of hydrogen-bond donors (Lipinski definition) is 1. The largest absolute Gasteiger partial charge is 0.377 e. The van der Waals surface area contributed by atoms with E-state index in [-0.39, 0.29) is 23.8 Å². The van der Waals surface area contributed by atoms with Crippen LogP contribution in [0.2, 0.25) is 0 Å². The van der Waals surface area contributed by atoms with Crippen molar-refractivity contribution in [2.45, 2.75) is 58.5 Å². The van der Waals surface area contributed by atoms with Gasteiger partial charge in [0.1, 0.15) is 5.82 Å². The summed E-state index contributed by atoms with van der Waals surface area (Å²) in [5.41, 5.74) is 2.99. The molecule has 1 N–H and O–H groups in total. The molecule has 0 aliphatic heterocycles. The van der Waals surface area contributed by atoms with Crippen molar-refractivity contribution in [3.05, 3.63) is 59.4 Å². The fourth-order valence-electron chi connectivity index (χ4n) is 4.28. The Balaban J connectivity index is 1.89. The Labute approximate surface area is 190 Å². The van der Waals surface area contributed by atoms with Crippen LogP contribution < -0.4 is 10.2 Å². The minimum Gasteiger partial charge on any atom is -0.377 e. The molecular weight excluding hydrogens is 405 g/mol. The van der Waals surface area contributed by atoms with Crippen LogP contribution in [0.1, 0.15) is 61.9 Å². The molecule has 1 aliphatic carbocycles. The van der Waals surface area contributed by atoms with Crippen molar-refractivity contribution in [3.8, 4) is 0 Å². The van der Waals surface area contributed by atoms with Gasteiger partial charge in [0.25, 0.3) is 5.91 Å². The minimum atomic E-state index is -0.425. The topological polar surface area (TPSA) is 52.7 Å². The molecule has 2 amide bonds. The number of carbonyl (C=O) groups excluding carboxylic acids is 2. The van der Waals surface area contributed by atoms with E-state index < -0.39 is 5.82 Å². The predicted octanol–water partition coefficient (Wildman–Crippen LogP) is 5.46. The van der Waals surface area contributed by atoms with Gasteiger partial charge in [-0.1, -0.05) is 25.8 Å². The Morgan fingerprint density at radius 2 is 1.84 bits per heavy atom. The molecule has 5 nitrogen and oxygen atoms in total. The maximum Gasteiger partial charge on any atom is 0.254 e. The molecule has 32 heavy (non-hydrogen) atoms. The van der Waals surface area contributed by atoms with Gasteiger partial charge in [-0.05, 0) is 68.1 Å². The van der Waals surface area contributed by atoms with Crippen LogP contribution in [0.15, 0.2) is 42.5 Å². The van der Waals surface area contributed by atoms with Gasteiger partial charge < -0.3 is 15.1 Å². The summed E-state index contributed by atoms with van der Waals surface area (Å²) in [4.78, 5) is 29.7. The summed E-state index contributed by atoms with van der Waals surface area (Å²) >= 11 is 0. The molecule has 2 aromatic rings. The van der Waals surface area contributed by atoms with Crippen LogP contribution >= 0.6 is 0 Å². The molecule has 0 saturated heterocycles. The Morgan fingerprint density at radius 3 is 2.47 bits per heavy atom. The second kappa shape index (κ2) is 10.6. The molecule has 0 bridgehead atoms. The number of rotatable bonds is 8. The third-order valence-corrected chi connectivity index (χ3v) is 6.35. The normalized spacial score (nSPS) is 14.8. The zero-order chi connectivity index (χ0) is 23.3. The summed E-state index contributed by atoms with van der Waals surface area (Å²) < 4.78 is 13.8. The number of amides is 2. The third-order valence-electron chi connectivity index (χ3n) is 6.35. The number of halogens is 1. The molecular formula is C26H34FN3O2. The van der Waals surface area contributed by atoms with Crippen LogP contribution in [-0.2, 0) is 11.3 Å². The summed E-state index contributed by atoms with van der Waals surface area (Å²) in [5.74, 6) is -0.478. The first kappa shape index (κ1) is 23.8. The lowest BCUT2D eigenvalue weighted by atomic mass is 10.1. The van der Waals surface area contributed by atoms with Crippen molar-refractivity contribution < 1.29 is 14.0 Å². The second-order valence-electron chi connectivity index (χ2n) is 8.91. The standard InChI is InChI=1S/C26H34FN3O2/c1-5-18(2)30(26(32)20-11-8-12-22(27)15-20)17-21-16-23(13-14-24(21)29(3)4)28-25(31)19-9-6-7-10-19/h8,11-16,18-19H,5-7,9-10,17H2,1-4H3,(H,28,31). The van der Waals surface area contributed by atoms with E-state index in [2.05, 4.69) is 5.32 Å². The van der Waals surface area contributed by atoms with E-state index in [0.29, 0.717) is 12.1 Å². The molecule has 0 heterocycles. The van der Waals surface area contributed by atoms with E-state index in [1.54, 1.807) is 17.0 Å². The highest BCUT2D eigenvalue weighted by Crippen LogP contribution is 2.29. The summed E-state index contributed by atoms with van der Waals surface area (Å²) in [6.07, 6.45) is 4.87. The number of nitrogens with one attached hydrogen (secondary N) is 1. The fraction of sp³-hybridized carbons (Fsp3) is 0.462. The van der Waals surface area contributed by atoms with E-state index in [1.165, 1.54) is 12.1 Å². The summed E-state index contributed by atoms with van der Waals surface area (Å²) in [7, 11) is 3.91. The molecule has 1 aliphatic rings. The monoisotopic (exact) mass is 439 g/mol. The number of carbonyl (C=O) groups is 2.